The molecule has 2 atom stereocenters. The van der Waals surface area contributed by atoms with Crippen LogP contribution in [0.4, 0.5) is 0 Å². The Bertz CT molecular complexity index is 553. The molecule has 1 aromatic rings. The van der Waals surface area contributed by atoms with Crippen molar-refractivity contribution in [2.75, 3.05) is 20.3 Å². The molecule has 0 saturated carbocycles. The van der Waals surface area contributed by atoms with Crippen molar-refractivity contribution in [2.45, 2.75) is 12.8 Å². The first-order chi connectivity index (χ1) is 10.0. The Morgan fingerprint density at radius 2 is 2.14 bits per heavy atom. The number of esters is 1. The van der Waals surface area contributed by atoms with Crippen LogP contribution in [-0.4, -0.2) is 31.2 Å². The Morgan fingerprint density at radius 1 is 1.48 bits per heavy atom. The number of ether oxygens (including phenoxy) is 2. The van der Waals surface area contributed by atoms with Gasteiger partial charge in [0.2, 0.25) is 6.54 Å². The quantitative estimate of drug-likeness (QED) is 0.431. The molecule has 0 saturated heterocycles. The van der Waals surface area contributed by atoms with Gasteiger partial charge in [-0.1, -0.05) is 18.2 Å². The number of rotatable bonds is 7. The van der Waals surface area contributed by atoms with Crippen LogP contribution in [0, 0.1) is 27.4 Å². The highest BCUT2D eigenvalue weighted by molar-refractivity contribution is 5.76. The van der Waals surface area contributed by atoms with Crippen molar-refractivity contribution < 1.29 is 19.2 Å². The first kappa shape index (κ1) is 16.4. The Kier molecular flexibility index (Phi) is 6.14. The standard InChI is InChI=1S/C14H16N2O5/c1-3-21-14(17)11(8-15)12(9-16(18)19)10-6-4-5-7-13(10)20-2/h4-7,11-12H,3,9H2,1-2H3/t11-,12+/m1/s1. The normalized spacial score (nSPS) is 12.8. The number of nitrogens with zero attached hydrogens (tertiary/aromatic N) is 2. The summed E-state index contributed by atoms with van der Waals surface area (Å²) in [5.74, 6) is -2.56. The Labute approximate surface area is 122 Å². The van der Waals surface area contributed by atoms with Crippen molar-refractivity contribution >= 4 is 5.97 Å². The molecule has 0 spiro atoms. The molecular weight excluding hydrogens is 276 g/mol. The predicted octanol–water partition coefficient (Wildman–Crippen LogP) is 1.76. The van der Waals surface area contributed by atoms with E-state index in [1.807, 2.05) is 6.07 Å². The van der Waals surface area contributed by atoms with E-state index in [1.54, 1.807) is 31.2 Å². The van der Waals surface area contributed by atoms with Crippen LogP contribution in [0.2, 0.25) is 0 Å². The summed E-state index contributed by atoms with van der Waals surface area (Å²) in [5.41, 5.74) is 0.441. The molecule has 1 aromatic carbocycles. The SMILES string of the molecule is CCOC(=O)[C@H](C#N)[C@@H](C[N+](=O)[O-])c1ccccc1OC. The Balaban J connectivity index is 3.24. The lowest BCUT2D eigenvalue weighted by Crippen LogP contribution is -2.28. The molecule has 0 aliphatic heterocycles. The number of carbonyl (C=O) groups is 1. The van der Waals surface area contributed by atoms with Crippen LogP contribution in [0.5, 0.6) is 5.75 Å². The maximum Gasteiger partial charge on any atom is 0.324 e. The Morgan fingerprint density at radius 3 is 2.67 bits per heavy atom. The van der Waals surface area contributed by atoms with Gasteiger partial charge in [0.1, 0.15) is 5.75 Å². The second-order valence-electron chi connectivity index (χ2n) is 4.22. The van der Waals surface area contributed by atoms with E-state index in [9.17, 15) is 20.2 Å². The van der Waals surface area contributed by atoms with Crippen LogP contribution >= 0.6 is 0 Å². The second kappa shape index (κ2) is 7.85. The summed E-state index contributed by atoms with van der Waals surface area (Å²) in [6.45, 7) is 1.16. The van der Waals surface area contributed by atoms with Crippen LogP contribution in [0.15, 0.2) is 24.3 Å². The summed E-state index contributed by atoms with van der Waals surface area (Å²) in [6, 6.07) is 8.42. The van der Waals surface area contributed by atoms with Crippen LogP contribution in [0.3, 0.4) is 0 Å². The predicted molar refractivity (Wildman–Crippen MR) is 73.3 cm³/mol. The molecule has 0 heterocycles. The van der Waals surface area contributed by atoms with Crippen LogP contribution in [0.1, 0.15) is 18.4 Å². The van der Waals surface area contributed by atoms with E-state index < -0.39 is 29.3 Å². The minimum atomic E-state index is -1.26. The number of hydrogen-bond donors (Lipinski definition) is 0. The average Bonchev–Trinajstić information content (AvgIpc) is 2.47. The molecule has 0 aromatic heterocycles. The first-order valence-electron chi connectivity index (χ1n) is 6.36. The van der Waals surface area contributed by atoms with Gasteiger partial charge in [-0.2, -0.15) is 5.26 Å². The molecular formula is C14H16N2O5. The average molecular weight is 292 g/mol. The van der Waals surface area contributed by atoms with Crippen LogP contribution < -0.4 is 4.74 Å². The van der Waals surface area contributed by atoms with E-state index >= 15 is 0 Å². The number of para-hydroxylation sites is 1. The van der Waals surface area contributed by atoms with Crippen molar-refractivity contribution in [3.05, 3.63) is 39.9 Å². The highest BCUT2D eigenvalue weighted by atomic mass is 16.6. The van der Waals surface area contributed by atoms with E-state index in [2.05, 4.69) is 0 Å². The van der Waals surface area contributed by atoms with Gasteiger partial charge in [-0.3, -0.25) is 14.9 Å². The zero-order valence-electron chi connectivity index (χ0n) is 11.8. The molecule has 0 aliphatic carbocycles. The molecule has 0 amide bonds. The van der Waals surface area contributed by atoms with Crippen molar-refractivity contribution in [3.63, 3.8) is 0 Å². The molecule has 1 rings (SSSR count). The minimum Gasteiger partial charge on any atom is -0.496 e. The molecule has 0 N–H and O–H groups in total. The molecule has 0 aliphatic rings. The number of hydrogen-bond acceptors (Lipinski definition) is 6. The third-order valence-corrected chi connectivity index (χ3v) is 2.97. The van der Waals surface area contributed by atoms with Crippen molar-refractivity contribution in [2.24, 2.45) is 5.92 Å². The largest absolute Gasteiger partial charge is 0.496 e. The summed E-state index contributed by atoms with van der Waals surface area (Å²) >= 11 is 0. The summed E-state index contributed by atoms with van der Waals surface area (Å²) in [7, 11) is 1.42. The van der Waals surface area contributed by atoms with Crippen molar-refractivity contribution in [1.82, 2.24) is 0 Å². The van der Waals surface area contributed by atoms with Crippen molar-refractivity contribution in [1.29, 1.82) is 5.26 Å². The fraction of sp³-hybridized carbons (Fsp3) is 0.429. The van der Waals surface area contributed by atoms with Gasteiger partial charge in [-0.05, 0) is 13.0 Å². The van der Waals surface area contributed by atoms with Crippen LogP contribution in [-0.2, 0) is 9.53 Å². The summed E-state index contributed by atoms with van der Waals surface area (Å²) in [5, 5.41) is 20.1. The first-order valence-corrected chi connectivity index (χ1v) is 6.36. The smallest absolute Gasteiger partial charge is 0.324 e. The second-order valence-corrected chi connectivity index (χ2v) is 4.22. The van der Waals surface area contributed by atoms with Crippen molar-refractivity contribution in [3.8, 4) is 11.8 Å². The van der Waals surface area contributed by atoms with E-state index in [-0.39, 0.29) is 6.61 Å². The lowest BCUT2D eigenvalue weighted by molar-refractivity contribution is -0.484. The number of carbonyl (C=O) groups excluding carboxylic acids is 1. The highest BCUT2D eigenvalue weighted by Gasteiger charge is 2.36. The minimum absolute atomic E-state index is 0.105. The van der Waals surface area contributed by atoms with Gasteiger partial charge in [0.25, 0.3) is 0 Å². The monoisotopic (exact) mass is 292 g/mol. The third-order valence-electron chi connectivity index (χ3n) is 2.97. The zero-order valence-corrected chi connectivity index (χ0v) is 11.8. The van der Waals surface area contributed by atoms with E-state index in [4.69, 9.17) is 9.47 Å². The van der Waals surface area contributed by atoms with Gasteiger partial charge in [0, 0.05) is 10.5 Å². The third kappa shape index (κ3) is 4.18. The summed E-state index contributed by atoms with van der Waals surface area (Å²) in [6.07, 6.45) is 0. The molecule has 7 nitrogen and oxygen atoms in total. The lowest BCUT2D eigenvalue weighted by Gasteiger charge is -2.19. The lowest BCUT2D eigenvalue weighted by atomic mass is 9.86. The van der Waals surface area contributed by atoms with E-state index in [0.717, 1.165) is 0 Å². The number of nitriles is 1. The van der Waals surface area contributed by atoms with Gasteiger partial charge < -0.3 is 9.47 Å². The highest BCUT2D eigenvalue weighted by Crippen LogP contribution is 2.32. The van der Waals surface area contributed by atoms with Crippen LogP contribution in [0.25, 0.3) is 0 Å². The van der Waals surface area contributed by atoms with Gasteiger partial charge >= 0.3 is 5.97 Å². The summed E-state index contributed by atoms with van der Waals surface area (Å²) < 4.78 is 9.99. The number of benzene rings is 1. The molecule has 112 valence electrons. The zero-order chi connectivity index (χ0) is 15.8. The topological polar surface area (TPSA) is 102 Å². The molecule has 0 fully saturated rings. The van der Waals surface area contributed by atoms with E-state index in [1.165, 1.54) is 7.11 Å². The molecule has 0 unspecified atom stereocenters. The summed E-state index contributed by atoms with van der Waals surface area (Å²) in [4.78, 5) is 22.2. The fourth-order valence-corrected chi connectivity index (χ4v) is 2.06. The molecule has 0 radical (unpaired) electrons. The van der Waals surface area contributed by atoms with E-state index in [0.29, 0.717) is 11.3 Å². The van der Waals surface area contributed by atoms with Gasteiger partial charge in [0.05, 0.1) is 25.7 Å². The van der Waals surface area contributed by atoms with Gasteiger partial charge in [0.15, 0.2) is 5.92 Å². The fourth-order valence-electron chi connectivity index (χ4n) is 2.06. The molecule has 7 heteroatoms. The van der Waals surface area contributed by atoms with Gasteiger partial charge in [-0.25, -0.2) is 0 Å². The van der Waals surface area contributed by atoms with Gasteiger partial charge in [-0.15, -0.1) is 0 Å². The Hall–Kier alpha value is -2.62. The molecule has 21 heavy (non-hydrogen) atoms. The molecule has 0 bridgehead atoms. The maximum absolute atomic E-state index is 11.9. The number of methoxy groups -OCH3 is 1. The number of nitro groups is 1. The maximum atomic E-state index is 11.9.